The van der Waals surface area contributed by atoms with E-state index in [-0.39, 0.29) is 5.54 Å². The van der Waals surface area contributed by atoms with Crippen molar-refractivity contribution in [3.8, 4) is 0 Å². The molecule has 0 bridgehead atoms. The van der Waals surface area contributed by atoms with E-state index in [9.17, 15) is 0 Å². The van der Waals surface area contributed by atoms with Gasteiger partial charge in [0, 0.05) is 36.1 Å². The van der Waals surface area contributed by atoms with Crippen molar-refractivity contribution in [2.45, 2.75) is 45.2 Å². The molecule has 102 valence electrons. The van der Waals surface area contributed by atoms with Crippen LogP contribution in [0.5, 0.6) is 0 Å². The molecular formula is C14H23ClN2S. The predicted molar refractivity (Wildman–Crippen MR) is 80.8 cm³/mol. The minimum atomic E-state index is 0.235. The maximum absolute atomic E-state index is 5.98. The second-order valence-corrected chi connectivity index (χ2v) is 7.55. The monoisotopic (exact) mass is 286 g/mol. The third-order valence-electron chi connectivity index (χ3n) is 3.68. The van der Waals surface area contributed by atoms with Gasteiger partial charge in [-0.2, -0.15) is 0 Å². The fourth-order valence-electron chi connectivity index (χ4n) is 2.62. The molecule has 4 heteroatoms. The Morgan fingerprint density at radius 3 is 2.89 bits per heavy atom. The molecule has 0 spiro atoms. The highest BCUT2D eigenvalue weighted by Crippen LogP contribution is 2.23. The van der Waals surface area contributed by atoms with Crippen molar-refractivity contribution in [2.24, 2.45) is 0 Å². The van der Waals surface area contributed by atoms with Crippen LogP contribution in [0.3, 0.4) is 0 Å². The molecule has 0 aliphatic carbocycles. The maximum atomic E-state index is 5.98. The molecule has 0 saturated carbocycles. The average Bonchev–Trinajstić information content (AvgIpc) is 2.72. The van der Waals surface area contributed by atoms with Crippen LogP contribution in [0.2, 0.25) is 4.34 Å². The smallest absolute Gasteiger partial charge is 0.0931 e. The lowest BCUT2D eigenvalue weighted by Gasteiger charge is -2.44. The SMILES string of the molecule is CCC1CNC(C)(C)CN1CCc1ccc(Cl)s1. The molecule has 1 aromatic rings. The van der Waals surface area contributed by atoms with Crippen molar-refractivity contribution >= 4 is 22.9 Å². The van der Waals surface area contributed by atoms with Crippen LogP contribution in [0.15, 0.2) is 12.1 Å². The van der Waals surface area contributed by atoms with Gasteiger partial charge in [0.2, 0.25) is 0 Å². The fraction of sp³-hybridized carbons (Fsp3) is 0.714. The number of rotatable bonds is 4. The van der Waals surface area contributed by atoms with Crippen molar-refractivity contribution in [2.75, 3.05) is 19.6 Å². The first-order valence-electron chi connectivity index (χ1n) is 6.73. The maximum Gasteiger partial charge on any atom is 0.0931 e. The Bertz CT molecular complexity index is 389. The number of piperazine rings is 1. The van der Waals surface area contributed by atoms with E-state index >= 15 is 0 Å². The van der Waals surface area contributed by atoms with Crippen molar-refractivity contribution in [1.82, 2.24) is 10.2 Å². The highest BCUT2D eigenvalue weighted by molar-refractivity contribution is 7.16. The molecule has 1 fully saturated rings. The summed E-state index contributed by atoms with van der Waals surface area (Å²) in [5, 5.41) is 3.63. The lowest BCUT2D eigenvalue weighted by molar-refractivity contribution is 0.0941. The molecule has 18 heavy (non-hydrogen) atoms. The van der Waals surface area contributed by atoms with Gasteiger partial charge in [-0.1, -0.05) is 18.5 Å². The summed E-state index contributed by atoms with van der Waals surface area (Å²) < 4.78 is 0.901. The van der Waals surface area contributed by atoms with Crippen molar-refractivity contribution in [1.29, 1.82) is 0 Å². The molecule has 1 atom stereocenters. The summed E-state index contributed by atoms with van der Waals surface area (Å²) in [4.78, 5) is 4.02. The fourth-order valence-corrected chi connectivity index (χ4v) is 3.70. The Labute approximate surface area is 119 Å². The minimum Gasteiger partial charge on any atom is -0.309 e. The van der Waals surface area contributed by atoms with Crippen molar-refractivity contribution in [3.63, 3.8) is 0 Å². The lowest BCUT2D eigenvalue weighted by Crippen LogP contribution is -2.61. The van der Waals surface area contributed by atoms with Crippen molar-refractivity contribution < 1.29 is 0 Å². The van der Waals surface area contributed by atoms with Crippen LogP contribution in [-0.4, -0.2) is 36.1 Å². The van der Waals surface area contributed by atoms with Crippen LogP contribution >= 0.6 is 22.9 Å². The van der Waals surface area contributed by atoms with Gasteiger partial charge in [0.05, 0.1) is 4.34 Å². The number of hydrogen-bond acceptors (Lipinski definition) is 3. The second kappa shape index (κ2) is 5.91. The lowest BCUT2D eigenvalue weighted by atomic mass is 9.97. The number of nitrogens with one attached hydrogen (secondary N) is 1. The minimum absolute atomic E-state index is 0.235. The molecule has 0 aromatic carbocycles. The van der Waals surface area contributed by atoms with Gasteiger partial charge in [-0.25, -0.2) is 0 Å². The Hall–Kier alpha value is -0.0900. The Morgan fingerprint density at radius 1 is 1.50 bits per heavy atom. The Balaban J connectivity index is 1.92. The standard InChI is InChI=1S/C14H23ClN2S/c1-4-11-9-16-14(2,3)10-17(11)8-7-12-5-6-13(15)18-12/h5-6,11,16H,4,7-10H2,1-3H3. The van der Waals surface area contributed by atoms with Crippen LogP contribution in [0.4, 0.5) is 0 Å². The molecule has 1 saturated heterocycles. The Kier molecular flexibility index (Phi) is 4.70. The van der Waals surface area contributed by atoms with E-state index in [1.807, 2.05) is 6.07 Å². The average molecular weight is 287 g/mol. The summed E-state index contributed by atoms with van der Waals surface area (Å²) in [6, 6.07) is 4.83. The first kappa shape index (κ1) is 14.3. The summed E-state index contributed by atoms with van der Waals surface area (Å²) in [5.74, 6) is 0. The highest BCUT2D eigenvalue weighted by Gasteiger charge is 2.31. The molecule has 1 N–H and O–H groups in total. The molecule has 0 amide bonds. The first-order chi connectivity index (χ1) is 8.50. The third-order valence-corrected chi connectivity index (χ3v) is 4.97. The zero-order chi connectivity index (χ0) is 13.2. The van der Waals surface area contributed by atoms with Crippen molar-refractivity contribution in [3.05, 3.63) is 21.3 Å². The van der Waals surface area contributed by atoms with Gasteiger partial charge in [0.1, 0.15) is 0 Å². The summed E-state index contributed by atoms with van der Waals surface area (Å²) >= 11 is 7.69. The Morgan fingerprint density at radius 2 is 2.28 bits per heavy atom. The summed E-state index contributed by atoms with van der Waals surface area (Å²) in [6.07, 6.45) is 2.33. The molecule has 2 rings (SSSR count). The van der Waals surface area contributed by atoms with E-state index in [1.165, 1.54) is 11.3 Å². The van der Waals surface area contributed by atoms with Gasteiger partial charge in [-0.15, -0.1) is 11.3 Å². The molecule has 1 aliphatic rings. The molecule has 1 aromatic heterocycles. The van der Waals surface area contributed by atoms with Crippen LogP contribution in [-0.2, 0) is 6.42 Å². The number of halogens is 1. The van der Waals surface area contributed by atoms with Gasteiger partial charge < -0.3 is 5.32 Å². The highest BCUT2D eigenvalue weighted by atomic mass is 35.5. The van der Waals surface area contributed by atoms with Crippen LogP contribution in [0.25, 0.3) is 0 Å². The molecule has 2 nitrogen and oxygen atoms in total. The third kappa shape index (κ3) is 3.70. The number of thiophene rings is 1. The van der Waals surface area contributed by atoms with Gasteiger partial charge in [-0.05, 0) is 38.8 Å². The molecule has 1 aliphatic heterocycles. The molecule has 1 unspecified atom stereocenters. The zero-order valence-electron chi connectivity index (χ0n) is 11.5. The summed E-state index contributed by atoms with van der Waals surface area (Å²) in [6.45, 7) is 10.2. The largest absolute Gasteiger partial charge is 0.309 e. The van der Waals surface area contributed by atoms with E-state index in [2.05, 4.69) is 37.1 Å². The predicted octanol–water partition coefficient (Wildman–Crippen LogP) is 3.41. The molecular weight excluding hydrogens is 264 g/mol. The number of hydrogen-bond donors (Lipinski definition) is 1. The quantitative estimate of drug-likeness (QED) is 0.912. The van der Waals surface area contributed by atoms with Crippen LogP contribution < -0.4 is 5.32 Å². The summed E-state index contributed by atoms with van der Waals surface area (Å²) in [7, 11) is 0. The number of nitrogens with zero attached hydrogens (tertiary/aromatic N) is 1. The zero-order valence-corrected chi connectivity index (χ0v) is 13.1. The topological polar surface area (TPSA) is 15.3 Å². The summed E-state index contributed by atoms with van der Waals surface area (Å²) in [5.41, 5.74) is 0.235. The van der Waals surface area contributed by atoms with Gasteiger partial charge in [-0.3, -0.25) is 4.90 Å². The van der Waals surface area contributed by atoms with E-state index in [1.54, 1.807) is 11.3 Å². The van der Waals surface area contributed by atoms with Crippen LogP contribution in [0.1, 0.15) is 32.1 Å². The molecule has 0 radical (unpaired) electrons. The van der Waals surface area contributed by atoms with E-state index in [0.29, 0.717) is 6.04 Å². The van der Waals surface area contributed by atoms with Gasteiger partial charge in [0.25, 0.3) is 0 Å². The second-order valence-electron chi connectivity index (χ2n) is 5.75. The van der Waals surface area contributed by atoms with E-state index in [0.717, 1.165) is 30.4 Å². The van der Waals surface area contributed by atoms with Crippen LogP contribution in [0, 0.1) is 0 Å². The van der Waals surface area contributed by atoms with E-state index in [4.69, 9.17) is 11.6 Å². The van der Waals surface area contributed by atoms with Gasteiger partial charge >= 0.3 is 0 Å². The first-order valence-corrected chi connectivity index (χ1v) is 7.93. The van der Waals surface area contributed by atoms with Gasteiger partial charge in [0.15, 0.2) is 0 Å². The molecule has 2 heterocycles. The van der Waals surface area contributed by atoms with E-state index < -0.39 is 0 Å². The normalized spacial score (nSPS) is 24.3.